The second-order valence-electron chi connectivity index (χ2n) is 5.28. The number of hydrogen-bond donors (Lipinski definition) is 2. The monoisotopic (exact) mass is 332 g/mol. The summed E-state index contributed by atoms with van der Waals surface area (Å²) >= 11 is 5.96. The van der Waals surface area contributed by atoms with Gasteiger partial charge in [-0.1, -0.05) is 23.7 Å². The molecule has 1 aliphatic heterocycles. The van der Waals surface area contributed by atoms with Gasteiger partial charge in [0, 0.05) is 17.3 Å². The third kappa shape index (κ3) is 3.87. The predicted molar refractivity (Wildman–Crippen MR) is 89.1 cm³/mol. The van der Waals surface area contributed by atoms with E-state index >= 15 is 0 Å². The van der Waals surface area contributed by atoms with E-state index in [1.54, 1.807) is 0 Å². The molecular weight excluding hydrogens is 316 g/mol. The van der Waals surface area contributed by atoms with Gasteiger partial charge in [0.1, 0.15) is 0 Å². The quantitative estimate of drug-likeness (QED) is 0.883. The summed E-state index contributed by atoms with van der Waals surface area (Å²) in [5.41, 5.74) is 2.86. The lowest BCUT2D eigenvalue weighted by Crippen LogP contribution is -2.29. The van der Waals surface area contributed by atoms with Crippen LogP contribution in [-0.4, -0.2) is 19.2 Å². The van der Waals surface area contributed by atoms with Crippen molar-refractivity contribution in [1.29, 1.82) is 0 Å². The highest BCUT2D eigenvalue weighted by molar-refractivity contribution is 6.30. The molecule has 6 heteroatoms. The fraction of sp³-hybridized carbons (Fsp3) is 0.235. The Balaban J connectivity index is 1.51. The summed E-state index contributed by atoms with van der Waals surface area (Å²) in [6.07, 6.45) is 0. The van der Waals surface area contributed by atoms with Gasteiger partial charge >= 0.3 is 0 Å². The molecule has 23 heavy (non-hydrogen) atoms. The van der Waals surface area contributed by atoms with Crippen LogP contribution in [0.3, 0.4) is 0 Å². The van der Waals surface area contributed by atoms with Crippen molar-refractivity contribution in [1.82, 2.24) is 5.32 Å². The number of anilines is 1. The number of rotatable bonds is 5. The molecule has 0 spiro atoms. The number of hydrogen-bond acceptors (Lipinski definition) is 4. The Bertz CT molecular complexity index is 734. The summed E-state index contributed by atoms with van der Waals surface area (Å²) in [6.45, 7) is 2.83. The fourth-order valence-electron chi connectivity index (χ4n) is 2.27. The zero-order valence-electron chi connectivity index (χ0n) is 12.7. The second kappa shape index (κ2) is 6.79. The SMILES string of the molecule is Cc1ccc(Cl)cc1NCC(=O)NCc1ccc2c(c1)OCO2. The average molecular weight is 333 g/mol. The molecule has 0 radical (unpaired) electrons. The molecular formula is C17H17ClN2O3. The van der Waals surface area contributed by atoms with E-state index in [-0.39, 0.29) is 19.2 Å². The van der Waals surface area contributed by atoms with Crippen LogP contribution in [0.5, 0.6) is 11.5 Å². The van der Waals surface area contributed by atoms with E-state index in [4.69, 9.17) is 21.1 Å². The summed E-state index contributed by atoms with van der Waals surface area (Å²) in [5, 5.41) is 6.59. The van der Waals surface area contributed by atoms with Gasteiger partial charge in [0.05, 0.1) is 6.54 Å². The maximum atomic E-state index is 12.0. The molecule has 3 rings (SSSR count). The predicted octanol–water partition coefficient (Wildman–Crippen LogP) is 3.11. The van der Waals surface area contributed by atoms with Crippen LogP contribution in [0.1, 0.15) is 11.1 Å². The van der Waals surface area contributed by atoms with Crippen LogP contribution >= 0.6 is 11.6 Å². The van der Waals surface area contributed by atoms with Gasteiger partial charge in [0.2, 0.25) is 12.7 Å². The molecule has 5 nitrogen and oxygen atoms in total. The molecule has 120 valence electrons. The lowest BCUT2D eigenvalue weighted by molar-refractivity contribution is -0.119. The number of carbonyl (C=O) groups excluding carboxylic acids is 1. The minimum absolute atomic E-state index is 0.0953. The van der Waals surface area contributed by atoms with Crippen molar-refractivity contribution in [3.05, 3.63) is 52.5 Å². The van der Waals surface area contributed by atoms with Crippen LogP contribution in [0.15, 0.2) is 36.4 Å². The van der Waals surface area contributed by atoms with Gasteiger partial charge in [-0.05, 0) is 42.3 Å². The van der Waals surface area contributed by atoms with Gasteiger partial charge in [-0.15, -0.1) is 0 Å². The molecule has 0 saturated carbocycles. The number of ether oxygens (including phenoxy) is 2. The van der Waals surface area contributed by atoms with Crippen molar-refractivity contribution >= 4 is 23.2 Å². The standard InChI is InChI=1S/C17H17ClN2O3/c1-11-2-4-13(18)7-14(11)19-9-17(21)20-8-12-3-5-15-16(6-12)23-10-22-15/h2-7,19H,8-10H2,1H3,(H,20,21). The number of halogens is 1. The van der Waals surface area contributed by atoms with Crippen molar-refractivity contribution in [2.45, 2.75) is 13.5 Å². The summed E-state index contributed by atoms with van der Waals surface area (Å²) in [5.74, 6) is 1.35. The van der Waals surface area contributed by atoms with E-state index in [1.165, 1.54) is 0 Å². The lowest BCUT2D eigenvalue weighted by atomic mass is 10.2. The molecule has 0 bridgehead atoms. The number of benzene rings is 2. The van der Waals surface area contributed by atoms with E-state index < -0.39 is 0 Å². The van der Waals surface area contributed by atoms with E-state index in [9.17, 15) is 4.79 Å². The normalized spacial score (nSPS) is 12.1. The van der Waals surface area contributed by atoms with E-state index in [0.29, 0.717) is 17.3 Å². The van der Waals surface area contributed by atoms with Crippen LogP contribution in [-0.2, 0) is 11.3 Å². The Kier molecular flexibility index (Phi) is 4.57. The van der Waals surface area contributed by atoms with Crippen molar-refractivity contribution in [2.24, 2.45) is 0 Å². The highest BCUT2D eigenvalue weighted by Gasteiger charge is 2.13. The van der Waals surface area contributed by atoms with E-state index in [0.717, 1.165) is 22.6 Å². The number of amides is 1. The number of fused-ring (bicyclic) bond motifs is 1. The van der Waals surface area contributed by atoms with Gasteiger partial charge in [0.15, 0.2) is 11.5 Å². The van der Waals surface area contributed by atoms with Crippen molar-refractivity contribution in [3.63, 3.8) is 0 Å². The molecule has 2 aromatic rings. The summed E-state index contributed by atoms with van der Waals surface area (Å²) in [6, 6.07) is 11.2. The molecule has 0 aliphatic carbocycles. The summed E-state index contributed by atoms with van der Waals surface area (Å²) in [4.78, 5) is 12.0. The van der Waals surface area contributed by atoms with Gasteiger partial charge in [-0.25, -0.2) is 0 Å². The Morgan fingerprint density at radius 3 is 2.87 bits per heavy atom. The molecule has 2 N–H and O–H groups in total. The zero-order valence-corrected chi connectivity index (χ0v) is 13.4. The molecule has 1 heterocycles. The van der Waals surface area contributed by atoms with Gasteiger partial charge in [-0.2, -0.15) is 0 Å². The van der Waals surface area contributed by atoms with Crippen LogP contribution in [0.4, 0.5) is 5.69 Å². The Labute approximate surface area is 139 Å². The van der Waals surface area contributed by atoms with Crippen LogP contribution in [0, 0.1) is 6.92 Å². The topological polar surface area (TPSA) is 59.6 Å². The Morgan fingerprint density at radius 1 is 1.17 bits per heavy atom. The lowest BCUT2D eigenvalue weighted by Gasteiger charge is -2.10. The summed E-state index contributed by atoms with van der Waals surface area (Å²) < 4.78 is 10.6. The highest BCUT2D eigenvalue weighted by atomic mass is 35.5. The molecule has 2 aromatic carbocycles. The second-order valence-corrected chi connectivity index (χ2v) is 5.71. The molecule has 1 aliphatic rings. The molecule has 0 fully saturated rings. The maximum Gasteiger partial charge on any atom is 0.239 e. The molecule has 0 saturated heterocycles. The van der Waals surface area contributed by atoms with Crippen molar-refractivity contribution in [3.8, 4) is 11.5 Å². The van der Waals surface area contributed by atoms with Gasteiger partial charge < -0.3 is 20.1 Å². The first-order valence-corrected chi connectivity index (χ1v) is 7.65. The third-order valence-electron chi connectivity index (χ3n) is 3.57. The Morgan fingerprint density at radius 2 is 2.00 bits per heavy atom. The first-order valence-electron chi connectivity index (χ1n) is 7.27. The molecule has 1 amide bonds. The average Bonchev–Trinajstić information content (AvgIpc) is 3.01. The Hall–Kier alpha value is -2.40. The van der Waals surface area contributed by atoms with Crippen LogP contribution in [0.25, 0.3) is 0 Å². The fourth-order valence-corrected chi connectivity index (χ4v) is 2.45. The van der Waals surface area contributed by atoms with E-state index in [1.807, 2.05) is 43.3 Å². The first-order chi connectivity index (χ1) is 11.1. The molecule has 0 aromatic heterocycles. The van der Waals surface area contributed by atoms with Gasteiger partial charge in [0.25, 0.3) is 0 Å². The zero-order chi connectivity index (χ0) is 16.2. The summed E-state index contributed by atoms with van der Waals surface area (Å²) in [7, 11) is 0. The number of aryl methyl sites for hydroxylation is 1. The van der Waals surface area contributed by atoms with Crippen LogP contribution in [0.2, 0.25) is 5.02 Å². The molecule has 0 unspecified atom stereocenters. The minimum atomic E-state index is -0.0953. The van der Waals surface area contributed by atoms with Crippen LogP contribution < -0.4 is 20.1 Å². The molecule has 0 atom stereocenters. The minimum Gasteiger partial charge on any atom is -0.454 e. The third-order valence-corrected chi connectivity index (χ3v) is 3.80. The van der Waals surface area contributed by atoms with E-state index in [2.05, 4.69) is 10.6 Å². The first kappa shape index (κ1) is 15.5. The smallest absolute Gasteiger partial charge is 0.239 e. The largest absolute Gasteiger partial charge is 0.454 e. The highest BCUT2D eigenvalue weighted by Crippen LogP contribution is 2.32. The van der Waals surface area contributed by atoms with Crippen molar-refractivity contribution < 1.29 is 14.3 Å². The van der Waals surface area contributed by atoms with Crippen molar-refractivity contribution in [2.75, 3.05) is 18.7 Å². The maximum absolute atomic E-state index is 12.0. The number of carbonyl (C=O) groups is 1. The van der Waals surface area contributed by atoms with Gasteiger partial charge in [-0.3, -0.25) is 4.79 Å². The number of nitrogens with one attached hydrogen (secondary N) is 2.